The molecule has 0 aliphatic heterocycles. The molecule has 1 heterocycles. The third-order valence-corrected chi connectivity index (χ3v) is 4.76. The quantitative estimate of drug-likeness (QED) is 0.855. The smallest absolute Gasteiger partial charge is 0.0850 e. The number of nitrogens with two attached hydrogens (primary N) is 1. The molecular formula is C15H18Cl3N3. The van der Waals surface area contributed by atoms with Crippen LogP contribution in [0.4, 0.5) is 0 Å². The van der Waals surface area contributed by atoms with Crippen molar-refractivity contribution in [1.82, 2.24) is 9.78 Å². The largest absolute Gasteiger partial charge is 0.324 e. The number of benzene rings is 1. The van der Waals surface area contributed by atoms with Gasteiger partial charge in [0.25, 0.3) is 0 Å². The average Bonchev–Trinajstić information content (AvgIpc) is 2.78. The van der Waals surface area contributed by atoms with Gasteiger partial charge in [-0.15, -0.1) is 0 Å². The van der Waals surface area contributed by atoms with Gasteiger partial charge in [-0.25, -0.2) is 0 Å². The first-order valence-corrected chi connectivity index (χ1v) is 8.06. The zero-order valence-electron chi connectivity index (χ0n) is 12.0. The molecule has 0 saturated heterocycles. The molecule has 0 saturated carbocycles. The Morgan fingerprint density at radius 3 is 2.52 bits per heavy atom. The maximum absolute atomic E-state index is 6.41. The molecular weight excluding hydrogens is 329 g/mol. The van der Waals surface area contributed by atoms with Gasteiger partial charge in [0.1, 0.15) is 0 Å². The van der Waals surface area contributed by atoms with Gasteiger partial charge in [0.05, 0.1) is 26.5 Å². The van der Waals surface area contributed by atoms with Gasteiger partial charge in [0.15, 0.2) is 0 Å². The van der Waals surface area contributed by atoms with Crippen molar-refractivity contribution in [1.29, 1.82) is 0 Å². The molecule has 0 fully saturated rings. The van der Waals surface area contributed by atoms with E-state index in [2.05, 4.69) is 5.10 Å². The molecule has 3 nitrogen and oxygen atoms in total. The lowest BCUT2D eigenvalue weighted by molar-refractivity contribution is 0.585. The second-order valence-corrected chi connectivity index (χ2v) is 5.99. The molecule has 1 aromatic heterocycles. The minimum Gasteiger partial charge on any atom is -0.324 e. The van der Waals surface area contributed by atoms with Crippen molar-refractivity contribution in [3.8, 4) is 0 Å². The van der Waals surface area contributed by atoms with Gasteiger partial charge in [-0.2, -0.15) is 5.10 Å². The predicted octanol–water partition coefficient (Wildman–Crippen LogP) is 4.67. The molecule has 6 heteroatoms. The number of hydrogen-bond acceptors (Lipinski definition) is 2. The van der Waals surface area contributed by atoms with Crippen molar-refractivity contribution in [3.05, 3.63) is 50.2 Å². The van der Waals surface area contributed by atoms with E-state index >= 15 is 0 Å². The normalized spacial score (nSPS) is 12.7. The highest BCUT2D eigenvalue weighted by Gasteiger charge is 2.19. The number of halogens is 3. The van der Waals surface area contributed by atoms with Crippen LogP contribution in [0.15, 0.2) is 18.2 Å². The minimum absolute atomic E-state index is 0.277. The molecule has 21 heavy (non-hydrogen) atoms. The monoisotopic (exact) mass is 345 g/mol. The highest BCUT2D eigenvalue weighted by molar-refractivity contribution is 6.42. The van der Waals surface area contributed by atoms with Gasteiger partial charge >= 0.3 is 0 Å². The van der Waals surface area contributed by atoms with E-state index in [1.165, 1.54) is 0 Å². The molecule has 0 bridgehead atoms. The summed E-state index contributed by atoms with van der Waals surface area (Å²) in [6.07, 6.45) is 1.37. The number of aromatic nitrogens is 2. The third kappa shape index (κ3) is 3.37. The van der Waals surface area contributed by atoms with E-state index in [0.717, 1.165) is 29.9 Å². The molecule has 2 rings (SSSR count). The van der Waals surface area contributed by atoms with Crippen molar-refractivity contribution < 1.29 is 0 Å². The Bertz CT molecular complexity index is 637. The first-order valence-electron chi connectivity index (χ1n) is 6.93. The van der Waals surface area contributed by atoms with E-state index in [-0.39, 0.29) is 6.04 Å². The van der Waals surface area contributed by atoms with Gasteiger partial charge in [-0.3, -0.25) is 4.68 Å². The molecule has 0 aliphatic carbocycles. The average molecular weight is 347 g/mol. The molecule has 0 radical (unpaired) electrons. The summed E-state index contributed by atoms with van der Waals surface area (Å²) in [5.74, 6) is 0. The van der Waals surface area contributed by atoms with Crippen LogP contribution in [0.1, 0.15) is 36.8 Å². The van der Waals surface area contributed by atoms with Crippen LogP contribution in [0, 0.1) is 0 Å². The Labute approximate surface area is 140 Å². The van der Waals surface area contributed by atoms with Crippen molar-refractivity contribution in [2.45, 2.75) is 39.3 Å². The second kappa shape index (κ2) is 7.01. The van der Waals surface area contributed by atoms with Gasteiger partial charge in [0.2, 0.25) is 0 Å². The Morgan fingerprint density at radius 2 is 1.90 bits per heavy atom. The van der Waals surface area contributed by atoms with E-state index in [1.807, 2.05) is 30.7 Å². The molecule has 0 amide bonds. The van der Waals surface area contributed by atoms with Crippen LogP contribution in [-0.2, 0) is 19.4 Å². The Hall–Kier alpha value is -0.740. The topological polar surface area (TPSA) is 43.8 Å². The number of nitrogens with zero attached hydrogens (tertiary/aromatic N) is 2. The lowest BCUT2D eigenvalue weighted by Gasteiger charge is -2.15. The van der Waals surface area contributed by atoms with Gasteiger partial charge < -0.3 is 5.73 Å². The van der Waals surface area contributed by atoms with Crippen molar-refractivity contribution in [2.75, 3.05) is 0 Å². The molecule has 2 aromatic rings. The number of hydrogen-bond donors (Lipinski definition) is 1. The SMILES string of the molecule is CCc1nn(CC)c(CC(N)c2cccc(Cl)c2Cl)c1Cl. The van der Waals surface area contributed by atoms with Gasteiger partial charge in [0, 0.05) is 19.0 Å². The summed E-state index contributed by atoms with van der Waals surface area (Å²) in [6, 6.07) is 5.21. The summed E-state index contributed by atoms with van der Waals surface area (Å²) < 4.78 is 1.90. The summed E-state index contributed by atoms with van der Waals surface area (Å²) in [5.41, 5.74) is 8.96. The zero-order valence-corrected chi connectivity index (χ0v) is 14.3. The Kier molecular flexibility index (Phi) is 5.55. The van der Waals surface area contributed by atoms with Crippen LogP contribution < -0.4 is 5.73 Å². The summed E-state index contributed by atoms with van der Waals surface area (Å²) in [5, 5.41) is 6.21. The molecule has 1 aromatic carbocycles. The second-order valence-electron chi connectivity index (χ2n) is 4.83. The van der Waals surface area contributed by atoms with E-state index < -0.39 is 0 Å². The van der Waals surface area contributed by atoms with E-state index in [1.54, 1.807) is 6.07 Å². The van der Waals surface area contributed by atoms with Crippen molar-refractivity contribution in [3.63, 3.8) is 0 Å². The fourth-order valence-electron chi connectivity index (χ4n) is 2.34. The highest BCUT2D eigenvalue weighted by atomic mass is 35.5. The van der Waals surface area contributed by atoms with E-state index in [4.69, 9.17) is 40.5 Å². The van der Waals surface area contributed by atoms with Gasteiger partial charge in [-0.1, -0.05) is 53.9 Å². The number of rotatable bonds is 5. The number of aryl methyl sites for hydroxylation is 2. The van der Waals surface area contributed by atoms with E-state index in [0.29, 0.717) is 21.5 Å². The highest BCUT2D eigenvalue weighted by Crippen LogP contribution is 2.32. The van der Waals surface area contributed by atoms with Gasteiger partial charge in [-0.05, 0) is 25.0 Å². The summed E-state index contributed by atoms with van der Waals surface area (Å²) >= 11 is 18.7. The first kappa shape index (κ1) is 16.6. The van der Waals surface area contributed by atoms with Crippen LogP contribution in [0.25, 0.3) is 0 Å². The fraction of sp³-hybridized carbons (Fsp3) is 0.400. The third-order valence-electron chi connectivity index (χ3n) is 3.49. The van der Waals surface area contributed by atoms with Crippen LogP contribution in [0.2, 0.25) is 15.1 Å². The van der Waals surface area contributed by atoms with Crippen LogP contribution in [0.3, 0.4) is 0 Å². The lowest BCUT2D eigenvalue weighted by atomic mass is 10.0. The summed E-state index contributed by atoms with van der Waals surface area (Å²) in [6.45, 7) is 4.82. The van der Waals surface area contributed by atoms with Crippen molar-refractivity contribution in [2.24, 2.45) is 5.73 Å². The predicted molar refractivity (Wildman–Crippen MR) is 89.4 cm³/mol. The molecule has 2 N–H and O–H groups in total. The zero-order chi connectivity index (χ0) is 15.6. The summed E-state index contributed by atoms with van der Waals surface area (Å²) in [4.78, 5) is 0. The van der Waals surface area contributed by atoms with Crippen molar-refractivity contribution >= 4 is 34.8 Å². The summed E-state index contributed by atoms with van der Waals surface area (Å²) in [7, 11) is 0. The van der Waals surface area contributed by atoms with Crippen LogP contribution in [0.5, 0.6) is 0 Å². The molecule has 0 spiro atoms. The van der Waals surface area contributed by atoms with Crippen LogP contribution in [-0.4, -0.2) is 9.78 Å². The Morgan fingerprint density at radius 1 is 1.19 bits per heavy atom. The van der Waals surface area contributed by atoms with Crippen LogP contribution >= 0.6 is 34.8 Å². The molecule has 0 aliphatic rings. The standard InChI is InChI=1S/C15H18Cl3N3/c1-3-12-15(18)13(21(4-2)20-12)8-11(19)9-6-5-7-10(16)14(9)17/h5-7,11H,3-4,8,19H2,1-2H3. The fourth-order valence-corrected chi connectivity index (χ4v) is 3.13. The lowest BCUT2D eigenvalue weighted by Crippen LogP contribution is -2.17. The Balaban J connectivity index is 2.33. The van der Waals surface area contributed by atoms with E-state index in [9.17, 15) is 0 Å². The first-order chi connectivity index (χ1) is 9.99. The molecule has 1 unspecified atom stereocenters. The molecule has 114 valence electrons. The minimum atomic E-state index is -0.277. The maximum Gasteiger partial charge on any atom is 0.0850 e. The molecule has 1 atom stereocenters. The maximum atomic E-state index is 6.41.